The summed E-state index contributed by atoms with van der Waals surface area (Å²) < 4.78 is 19.8. The van der Waals surface area contributed by atoms with Gasteiger partial charge in [0.1, 0.15) is 17.3 Å². The number of benzene rings is 1. The standard InChI is InChI=1S/C15H16BrFN2O/c1-3-18-8-11-9-19-10(2)4-15(11)20-14-6-12(16)5-13(17)7-14/h4-7,9,18H,3,8H2,1-2H3. The molecule has 0 fully saturated rings. The molecule has 0 aliphatic carbocycles. The first-order valence-corrected chi connectivity index (χ1v) is 7.18. The summed E-state index contributed by atoms with van der Waals surface area (Å²) in [4.78, 5) is 4.27. The van der Waals surface area contributed by atoms with Crippen molar-refractivity contribution < 1.29 is 9.13 Å². The Morgan fingerprint density at radius 3 is 2.80 bits per heavy atom. The van der Waals surface area contributed by atoms with Gasteiger partial charge in [-0.25, -0.2) is 4.39 Å². The first-order valence-electron chi connectivity index (χ1n) is 6.38. The van der Waals surface area contributed by atoms with Gasteiger partial charge in [0.05, 0.1) is 0 Å². The molecule has 106 valence electrons. The minimum atomic E-state index is -0.339. The van der Waals surface area contributed by atoms with Gasteiger partial charge in [-0.05, 0) is 25.6 Å². The third-order valence-corrected chi connectivity index (χ3v) is 3.17. The molecule has 0 spiro atoms. The van der Waals surface area contributed by atoms with Gasteiger partial charge in [-0.15, -0.1) is 0 Å². The third kappa shape index (κ3) is 4.02. The Bertz CT molecular complexity index is 584. The first kappa shape index (κ1) is 14.9. The van der Waals surface area contributed by atoms with Crippen LogP contribution in [0.25, 0.3) is 0 Å². The van der Waals surface area contributed by atoms with Crippen molar-refractivity contribution in [1.82, 2.24) is 10.3 Å². The molecule has 3 nitrogen and oxygen atoms in total. The molecule has 2 rings (SSSR count). The van der Waals surface area contributed by atoms with Crippen molar-refractivity contribution >= 4 is 15.9 Å². The predicted molar refractivity (Wildman–Crippen MR) is 80.5 cm³/mol. The molecule has 0 amide bonds. The Morgan fingerprint density at radius 1 is 1.30 bits per heavy atom. The Balaban J connectivity index is 2.28. The Labute approximate surface area is 126 Å². The quantitative estimate of drug-likeness (QED) is 0.887. The molecule has 2 aromatic rings. The van der Waals surface area contributed by atoms with Crippen molar-refractivity contribution in [2.75, 3.05) is 6.54 Å². The zero-order valence-electron chi connectivity index (χ0n) is 11.4. The van der Waals surface area contributed by atoms with Crippen molar-refractivity contribution in [2.24, 2.45) is 0 Å². The molecule has 0 aliphatic rings. The molecular formula is C15H16BrFN2O. The topological polar surface area (TPSA) is 34.2 Å². The Hall–Kier alpha value is -1.46. The minimum Gasteiger partial charge on any atom is -0.457 e. The molecule has 20 heavy (non-hydrogen) atoms. The maximum Gasteiger partial charge on any atom is 0.135 e. The van der Waals surface area contributed by atoms with Crippen molar-refractivity contribution in [3.63, 3.8) is 0 Å². The van der Waals surface area contributed by atoms with Crippen LogP contribution in [0.4, 0.5) is 4.39 Å². The summed E-state index contributed by atoms with van der Waals surface area (Å²) in [6, 6.07) is 6.34. The zero-order chi connectivity index (χ0) is 14.5. The monoisotopic (exact) mass is 338 g/mol. The lowest BCUT2D eigenvalue weighted by Crippen LogP contribution is -2.12. The summed E-state index contributed by atoms with van der Waals surface area (Å²) in [7, 11) is 0. The van der Waals surface area contributed by atoms with Crippen LogP contribution in [0, 0.1) is 12.7 Å². The average molecular weight is 339 g/mol. The molecule has 0 aliphatic heterocycles. The van der Waals surface area contributed by atoms with E-state index < -0.39 is 0 Å². The van der Waals surface area contributed by atoms with E-state index in [-0.39, 0.29) is 5.82 Å². The van der Waals surface area contributed by atoms with E-state index in [1.54, 1.807) is 12.3 Å². The summed E-state index contributed by atoms with van der Waals surface area (Å²) in [6.07, 6.45) is 1.78. The van der Waals surface area contributed by atoms with Gasteiger partial charge in [0.25, 0.3) is 0 Å². The Kier molecular flexibility index (Phi) is 5.09. The summed E-state index contributed by atoms with van der Waals surface area (Å²) in [5.74, 6) is 0.810. The van der Waals surface area contributed by atoms with Gasteiger partial charge in [-0.1, -0.05) is 22.9 Å². The molecular weight excluding hydrogens is 323 g/mol. The van der Waals surface area contributed by atoms with E-state index in [4.69, 9.17) is 4.74 Å². The molecule has 5 heteroatoms. The Morgan fingerprint density at radius 2 is 2.10 bits per heavy atom. The first-order chi connectivity index (χ1) is 9.58. The van der Waals surface area contributed by atoms with E-state index in [0.717, 1.165) is 17.8 Å². The predicted octanol–water partition coefficient (Wildman–Crippen LogP) is 4.19. The summed E-state index contributed by atoms with van der Waals surface area (Å²) in [6.45, 7) is 5.45. The minimum absolute atomic E-state index is 0.339. The number of aryl methyl sites for hydroxylation is 1. The van der Waals surface area contributed by atoms with E-state index >= 15 is 0 Å². The van der Waals surface area contributed by atoms with E-state index in [1.165, 1.54) is 12.1 Å². The maximum atomic E-state index is 13.4. The molecule has 1 N–H and O–H groups in total. The van der Waals surface area contributed by atoms with Crippen LogP contribution < -0.4 is 10.1 Å². The number of ether oxygens (including phenoxy) is 1. The molecule has 0 radical (unpaired) electrons. The van der Waals surface area contributed by atoms with Crippen LogP contribution in [0.3, 0.4) is 0 Å². The summed E-state index contributed by atoms with van der Waals surface area (Å²) >= 11 is 3.26. The van der Waals surface area contributed by atoms with E-state index in [0.29, 0.717) is 22.5 Å². The second-order valence-corrected chi connectivity index (χ2v) is 5.34. The van der Waals surface area contributed by atoms with E-state index in [1.807, 2.05) is 19.9 Å². The molecule has 1 aromatic heterocycles. The second-order valence-electron chi connectivity index (χ2n) is 4.42. The molecule has 0 bridgehead atoms. The lowest BCUT2D eigenvalue weighted by atomic mass is 10.2. The number of hydrogen-bond acceptors (Lipinski definition) is 3. The average Bonchev–Trinajstić information content (AvgIpc) is 2.36. The smallest absolute Gasteiger partial charge is 0.135 e. The van der Waals surface area contributed by atoms with E-state index in [2.05, 4.69) is 26.2 Å². The molecule has 0 saturated heterocycles. The lowest BCUT2D eigenvalue weighted by molar-refractivity contribution is 0.466. The fourth-order valence-electron chi connectivity index (χ4n) is 1.76. The van der Waals surface area contributed by atoms with Gasteiger partial charge in [-0.2, -0.15) is 0 Å². The molecule has 0 saturated carbocycles. The molecule has 0 unspecified atom stereocenters. The largest absolute Gasteiger partial charge is 0.457 e. The second kappa shape index (κ2) is 6.81. The zero-order valence-corrected chi connectivity index (χ0v) is 13.0. The highest BCUT2D eigenvalue weighted by Crippen LogP contribution is 2.28. The van der Waals surface area contributed by atoms with Crippen LogP contribution in [0.2, 0.25) is 0 Å². The van der Waals surface area contributed by atoms with Gasteiger partial charge < -0.3 is 10.1 Å². The van der Waals surface area contributed by atoms with Crippen molar-refractivity contribution in [2.45, 2.75) is 20.4 Å². The fourth-order valence-corrected chi connectivity index (χ4v) is 2.21. The highest BCUT2D eigenvalue weighted by molar-refractivity contribution is 9.10. The highest BCUT2D eigenvalue weighted by atomic mass is 79.9. The van der Waals surface area contributed by atoms with Gasteiger partial charge in [0.15, 0.2) is 0 Å². The highest BCUT2D eigenvalue weighted by Gasteiger charge is 2.08. The SMILES string of the molecule is CCNCc1cnc(C)cc1Oc1cc(F)cc(Br)c1. The van der Waals surface area contributed by atoms with Crippen molar-refractivity contribution in [1.29, 1.82) is 0 Å². The van der Waals surface area contributed by atoms with Crippen LogP contribution in [0.15, 0.2) is 34.9 Å². The number of nitrogens with zero attached hydrogens (tertiary/aromatic N) is 1. The van der Waals surface area contributed by atoms with Crippen LogP contribution in [0.1, 0.15) is 18.2 Å². The third-order valence-electron chi connectivity index (χ3n) is 2.71. The normalized spacial score (nSPS) is 10.6. The number of nitrogens with one attached hydrogen (secondary N) is 1. The van der Waals surface area contributed by atoms with Crippen LogP contribution in [-0.4, -0.2) is 11.5 Å². The van der Waals surface area contributed by atoms with Gasteiger partial charge >= 0.3 is 0 Å². The van der Waals surface area contributed by atoms with Gasteiger partial charge in [0, 0.05) is 40.6 Å². The van der Waals surface area contributed by atoms with Crippen LogP contribution in [-0.2, 0) is 6.54 Å². The summed E-state index contributed by atoms with van der Waals surface area (Å²) in [5, 5.41) is 3.23. The molecule has 1 aromatic carbocycles. The molecule has 0 atom stereocenters. The number of pyridine rings is 1. The van der Waals surface area contributed by atoms with E-state index in [9.17, 15) is 4.39 Å². The number of halogens is 2. The van der Waals surface area contributed by atoms with Gasteiger partial charge in [-0.3, -0.25) is 4.98 Å². The molecule has 1 heterocycles. The van der Waals surface area contributed by atoms with Crippen molar-refractivity contribution in [3.8, 4) is 11.5 Å². The maximum absolute atomic E-state index is 13.4. The number of aromatic nitrogens is 1. The number of rotatable bonds is 5. The van der Waals surface area contributed by atoms with Crippen LogP contribution in [0.5, 0.6) is 11.5 Å². The van der Waals surface area contributed by atoms with Gasteiger partial charge in [0.2, 0.25) is 0 Å². The fraction of sp³-hybridized carbons (Fsp3) is 0.267. The lowest BCUT2D eigenvalue weighted by Gasteiger charge is -2.12. The number of hydrogen-bond donors (Lipinski definition) is 1. The van der Waals surface area contributed by atoms with Crippen LogP contribution >= 0.6 is 15.9 Å². The summed E-state index contributed by atoms with van der Waals surface area (Å²) in [5.41, 5.74) is 1.80. The van der Waals surface area contributed by atoms with Crippen molar-refractivity contribution in [3.05, 3.63) is 52.0 Å².